The number of anilines is 1. The normalized spacial score (nSPS) is 20.2. The largest absolute Gasteiger partial charge is 0.351 e. The van der Waals surface area contributed by atoms with Crippen molar-refractivity contribution in [3.05, 3.63) is 59.8 Å². The molecule has 2 aromatic rings. The molecule has 1 aliphatic rings. The van der Waals surface area contributed by atoms with Crippen molar-refractivity contribution in [2.75, 3.05) is 31.8 Å². The van der Waals surface area contributed by atoms with Gasteiger partial charge in [-0.05, 0) is 11.6 Å². The molecule has 0 aliphatic carbocycles. The maximum Gasteiger partial charge on any atom is 0.331 e. The second-order valence-corrected chi connectivity index (χ2v) is 8.68. The van der Waals surface area contributed by atoms with Crippen LogP contribution in [-0.2, 0) is 25.6 Å². The molecule has 0 saturated heterocycles. The number of hydrogen-bond acceptors (Lipinski definition) is 5. The average molecular weight is 346 g/mol. The molecule has 0 bridgehead atoms. The van der Waals surface area contributed by atoms with Gasteiger partial charge >= 0.3 is 7.60 Å². The molecule has 6 heteroatoms. The van der Waals surface area contributed by atoms with Crippen LogP contribution in [0.4, 0.5) is 5.82 Å². The highest BCUT2D eigenvalue weighted by molar-refractivity contribution is 7.53. The fourth-order valence-corrected chi connectivity index (χ4v) is 4.93. The second kappa shape index (κ2) is 6.67. The van der Waals surface area contributed by atoms with Gasteiger partial charge in [-0.2, -0.15) is 0 Å². The minimum atomic E-state index is -3.11. The summed E-state index contributed by atoms with van der Waals surface area (Å²) in [6.45, 7) is 3.60. The van der Waals surface area contributed by atoms with Gasteiger partial charge in [-0.3, -0.25) is 4.57 Å². The van der Waals surface area contributed by atoms with E-state index >= 15 is 0 Å². The Morgan fingerprint density at radius 3 is 2.54 bits per heavy atom. The summed E-state index contributed by atoms with van der Waals surface area (Å²) < 4.78 is 23.1. The van der Waals surface area contributed by atoms with E-state index in [1.54, 1.807) is 6.20 Å². The smallest absolute Gasteiger partial charge is 0.331 e. The Balaban J connectivity index is 1.92. The van der Waals surface area contributed by atoms with Crippen molar-refractivity contribution < 1.29 is 13.6 Å². The molecule has 1 aromatic heterocycles. The van der Waals surface area contributed by atoms with Gasteiger partial charge in [0.2, 0.25) is 0 Å². The van der Waals surface area contributed by atoms with Crippen molar-refractivity contribution in [1.82, 2.24) is 4.98 Å². The number of nitrogens with zero attached hydrogens (tertiary/aromatic N) is 2. The van der Waals surface area contributed by atoms with Crippen molar-refractivity contribution in [3.8, 4) is 0 Å². The van der Waals surface area contributed by atoms with Crippen LogP contribution in [0.15, 0.2) is 48.7 Å². The first-order valence-corrected chi connectivity index (χ1v) is 9.67. The van der Waals surface area contributed by atoms with E-state index in [9.17, 15) is 4.57 Å². The van der Waals surface area contributed by atoms with E-state index < -0.39 is 7.60 Å². The summed E-state index contributed by atoms with van der Waals surface area (Å²) in [5, 5.41) is 0. The molecule has 1 unspecified atom stereocenters. The van der Waals surface area contributed by atoms with Crippen LogP contribution in [0.2, 0.25) is 0 Å². The molecule has 0 spiro atoms. The van der Waals surface area contributed by atoms with E-state index in [2.05, 4.69) is 35.0 Å². The number of pyridine rings is 1. The van der Waals surface area contributed by atoms with E-state index in [-0.39, 0.29) is 5.41 Å². The minimum absolute atomic E-state index is 0.330. The van der Waals surface area contributed by atoms with E-state index in [1.165, 1.54) is 19.8 Å². The number of benzene rings is 1. The first kappa shape index (κ1) is 17.2. The molecular weight excluding hydrogens is 323 g/mol. The third-order valence-electron chi connectivity index (χ3n) is 4.59. The first-order valence-electron chi connectivity index (χ1n) is 7.95. The quantitative estimate of drug-likeness (QED) is 0.744. The summed E-state index contributed by atoms with van der Waals surface area (Å²) in [4.78, 5) is 6.81. The molecule has 1 atom stereocenters. The van der Waals surface area contributed by atoms with Crippen LogP contribution in [0.5, 0.6) is 0 Å². The molecular formula is C18H23N2O3P. The molecule has 2 heterocycles. The zero-order valence-corrected chi connectivity index (χ0v) is 15.2. The highest BCUT2D eigenvalue weighted by atomic mass is 31.2. The standard InChI is InChI=1S/C18H23N2O3P/c1-18(14-24(21,22-2)23-3)13-20(12-15-8-5-4-6-9-15)17-16(18)10-7-11-19-17/h4-11H,12-14H2,1-3H3. The molecule has 24 heavy (non-hydrogen) atoms. The molecule has 3 rings (SSSR count). The van der Waals surface area contributed by atoms with Crippen molar-refractivity contribution in [2.45, 2.75) is 18.9 Å². The van der Waals surface area contributed by atoms with Gasteiger partial charge in [0, 0.05) is 44.5 Å². The lowest BCUT2D eigenvalue weighted by Crippen LogP contribution is -2.34. The summed E-state index contributed by atoms with van der Waals surface area (Å²) >= 11 is 0. The zero-order valence-electron chi connectivity index (χ0n) is 14.3. The SMILES string of the molecule is COP(=O)(CC1(C)CN(Cc2ccccc2)c2ncccc21)OC. The lowest BCUT2D eigenvalue weighted by Gasteiger charge is -2.28. The van der Waals surface area contributed by atoms with Gasteiger partial charge in [-0.25, -0.2) is 4.98 Å². The third kappa shape index (κ3) is 3.25. The summed E-state index contributed by atoms with van der Waals surface area (Å²) in [5.74, 6) is 0.947. The lowest BCUT2D eigenvalue weighted by molar-refractivity contribution is 0.268. The predicted octanol–water partition coefficient (Wildman–Crippen LogP) is 3.85. The Labute approximate surface area is 143 Å². The van der Waals surface area contributed by atoms with E-state index in [4.69, 9.17) is 9.05 Å². The Kier molecular flexibility index (Phi) is 4.77. The van der Waals surface area contributed by atoms with Crippen molar-refractivity contribution in [2.24, 2.45) is 0 Å². The number of hydrogen-bond donors (Lipinski definition) is 0. The minimum Gasteiger partial charge on any atom is -0.351 e. The summed E-state index contributed by atoms with van der Waals surface area (Å²) in [7, 11) is -0.237. The number of fused-ring (bicyclic) bond motifs is 1. The summed E-state index contributed by atoms with van der Waals surface area (Å²) in [6, 6.07) is 14.3. The fraction of sp³-hybridized carbons (Fsp3) is 0.389. The highest BCUT2D eigenvalue weighted by Gasteiger charge is 2.45. The molecule has 0 fully saturated rings. The molecule has 0 amide bonds. The summed E-state index contributed by atoms with van der Waals surface area (Å²) in [5.41, 5.74) is 1.98. The molecule has 128 valence electrons. The zero-order chi connectivity index (χ0) is 17.2. The first-order chi connectivity index (χ1) is 11.5. The number of rotatable bonds is 6. The fourth-order valence-electron chi connectivity index (χ4n) is 3.40. The third-order valence-corrected chi connectivity index (χ3v) is 6.79. The predicted molar refractivity (Wildman–Crippen MR) is 95.6 cm³/mol. The van der Waals surface area contributed by atoms with Gasteiger partial charge in [0.15, 0.2) is 0 Å². The van der Waals surface area contributed by atoms with Crippen LogP contribution in [0.1, 0.15) is 18.1 Å². The Hall–Kier alpha value is -1.68. The molecule has 1 aliphatic heterocycles. The Morgan fingerprint density at radius 2 is 1.88 bits per heavy atom. The van der Waals surface area contributed by atoms with Gasteiger partial charge in [0.05, 0.1) is 6.16 Å². The highest BCUT2D eigenvalue weighted by Crippen LogP contribution is 2.54. The average Bonchev–Trinajstić information content (AvgIpc) is 2.88. The van der Waals surface area contributed by atoms with E-state index in [0.29, 0.717) is 6.16 Å². The molecule has 0 N–H and O–H groups in total. The topological polar surface area (TPSA) is 51.7 Å². The van der Waals surface area contributed by atoms with Crippen LogP contribution in [0, 0.1) is 0 Å². The summed E-state index contributed by atoms with van der Waals surface area (Å²) in [6.07, 6.45) is 2.13. The van der Waals surface area contributed by atoms with Gasteiger partial charge in [-0.15, -0.1) is 0 Å². The van der Waals surface area contributed by atoms with Gasteiger partial charge in [-0.1, -0.05) is 43.3 Å². The van der Waals surface area contributed by atoms with Crippen molar-refractivity contribution in [1.29, 1.82) is 0 Å². The van der Waals surface area contributed by atoms with Crippen LogP contribution in [0.3, 0.4) is 0 Å². The van der Waals surface area contributed by atoms with Crippen molar-refractivity contribution in [3.63, 3.8) is 0 Å². The molecule has 0 saturated carbocycles. The maximum absolute atomic E-state index is 12.7. The molecule has 0 radical (unpaired) electrons. The van der Waals surface area contributed by atoms with Crippen LogP contribution >= 0.6 is 7.60 Å². The van der Waals surface area contributed by atoms with E-state index in [1.807, 2.05) is 24.3 Å². The van der Waals surface area contributed by atoms with Gasteiger partial charge in [0.25, 0.3) is 0 Å². The maximum atomic E-state index is 12.7. The second-order valence-electron chi connectivity index (χ2n) is 6.41. The lowest BCUT2D eigenvalue weighted by atomic mass is 9.88. The van der Waals surface area contributed by atoms with Gasteiger partial charge < -0.3 is 13.9 Å². The van der Waals surface area contributed by atoms with Crippen LogP contribution < -0.4 is 4.90 Å². The van der Waals surface area contributed by atoms with Crippen LogP contribution in [0.25, 0.3) is 0 Å². The Bertz CT molecular complexity index is 745. The van der Waals surface area contributed by atoms with Crippen molar-refractivity contribution >= 4 is 13.4 Å². The van der Waals surface area contributed by atoms with Crippen LogP contribution in [-0.4, -0.2) is 31.9 Å². The molecule has 1 aromatic carbocycles. The Morgan fingerprint density at radius 1 is 1.17 bits per heavy atom. The number of aromatic nitrogens is 1. The monoisotopic (exact) mass is 346 g/mol. The van der Waals surface area contributed by atoms with E-state index in [0.717, 1.165) is 24.5 Å². The van der Waals surface area contributed by atoms with Gasteiger partial charge in [0.1, 0.15) is 5.82 Å². The molecule has 5 nitrogen and oxygen atoms in total.